The third kappa shape index (κ3) is 1.53. The van der Waals surface area contributed by atoms with E-state index in [-0.39, 0.29) is 40.3 Å². The van der Waals surface area contributed by atoms with Crippen LogP contribution < -0.4 is 0 Å². The first kappa shape index (κ1) is 11.7. The molecular weight excluding hydrogens is 244 g/mol. The van der Waals surface area contributed by atoms with Crippen LogP contribution in [0.1, 0.15) is 34.1 Å². The molecule has 0 spiro atoms. The Bertz CT molecular complexity index is 667. The summed E-state index contributed by atoms with van der Waals surface area (Å²) in [7, 11) is 0. The van der Waals surface area contributed by atoms with E-state index in [0.29, 0.717) is 12.0 Å². The lowest BCUT2D eigenvalue weighted by atomic mass is 9.86. The number of aromatic hydroxyl groups is 1. The third-order valence-electron chi connectivity index (χ3n) is 3.47. The zero-order chi connectivity index (χ0) is 13.7. The number of hydrogen-bond acceptors (Lipinski definition) is 4. The number of carbonyl (C=O) groups excluding carboxylic acids is 2. The maximum Gasteiger partial charge on any atom is 0.228 e. The van der Waals surface area contributed by atoms with Crippen molar-refractivity contribution >= 4 is 11.6 Å². The van der Waals surface area contributed by atoms with Crippen LogP contribution in [0.2, 0.25) is 0 Å². The predicted molar refractivity (Wildman–Crippen MR) is 68.1 cm³/mol. The SMILES string of the molecule is C=C(C)C1CC2=C(O1)C(=O)c1cccc(O)c1C2=O. The lowest BCUT2D eigenvalue weighted by molar-refractivity contribution is 0.0875. The Balaban J connectivity index is 2.13. The molecule has 0 radical (unpaired) electrons. The first-order chi connectivity index (χ1) is 9.00. The number of ketones is 2. The minimum absolute atomic E-state index is 0.0808. The van der Waals surface area contributed by atoms with Crippen LogP contribution in [0.3, 0.4) is 0 Å². The summed E-state index contributed by atoms with van der Waals surface area (Å²) in [6, 6.07) is 4.47. The Hall–Kier alpha value is -2.36. The normalized spacial score (nSPS) is 21.0. The zero-order valence-electron chi connectivity index (χ0n) is 10.4. The number of fused-ring (bicyclic) bond motifs is 1. The van der Waals surface area contributed by atoms with Gasteiger partial charge in [0.1, 0.15) is 11.9 Å². The van der Waals surface area contributed by atoms with E-state index in [0.717, 1.165) is 5.57 Å². The van der Waals surface area contributed by atoms with Crippen LogP contribution in [0.25, 0.3) is 0 Å². The Kier molecular flexibility index (Phi) is 2.35. The summed E-state index contributed by atoms with van der Waals surface area (Å²) in [5, 5.41) is 9.79. The number of allylic oxidation sites excluding steroid dienone is 1. The second-order valence-electron chi connectivity index (χ2n) is 4.82. The molecule has 0 aromatic heterocycles. The highest BCUT2D eigenvalue weighted by atomic mass is 16.5. The van der Waals surface area contributed by atoms with Gasteiger partial charge in [0.2, 0.25) is 5.78 Å². The number of phenolic OH excluding ortho intramolecular Hbond substituents is 1. The van der Waals surface area contributed by atoms with Gasteiger partial charge in [-0.25, -0.2) is 0 Å². The average molecular weight is 256 g/mol. The van der Waals surface area contributed by atoms with E-state index in [1.807, 2.05) is 0 Å². The Morgan fingerprint density at radius 3 is 2.79 bits per heavy atom. The van der Waals surface area contributed by atoms with E-state index < -0.39 is 0 Å². The molecule has 1 aliphatic heterocycles. The summed E-state index contributed by atoms with van der Waals surface area (Å²) >= 11 is 0. The first-order valence-electron chi connectivity index (χ1n) is 5.97. The fraction of sp³-hybridized carbons (Fsp3) is 0.200. The molecule has 2 aliphatic rings. The van der Waals surface area contributed by atoms with Gasteiger partial charge in [0.15, 0.2) is 11.5 Å². The topological polar surface area (TPSA) is 63.6 Å². The largest absolute Gasteiger partial charge is 0.507 e. The number of phenols is 1. The molecule has 1 unspecified atom stereocenters. The molecule has 0 saturated heterocycles. The van der Waals surface area contributed by atoms with Crippen molar-refractivity contribution in [1.29, 1.82) is 0 Å². The predicted octanol–water partition coefficient (Wildman–Crippen LogP) is 2.39. The van der Waals surface area contributed by atoms with Crippen LogP contribution >= 0.6 is 0 Å². The smallest absolute Gasteiger partial charge is 0.228 e. The van der Waals surface area contributed by atoms with Gasteiger partial charge in [0.05, 0.1) is 11.1 Å². The molecule has 0 fully saturated rings. The van der Waals surface area contributed by atoms with E-state index in [2.05, 4.69) is 6.58 Å². The lowest BCUT2D eigenvalue weighted by Crippen LogP contribution is -2.20. The highest BCUT2D eigenvalue weighted by Crippen LogP contribution is 2.39. The van der Waals surface area contributed by atoms with Crippen LogP contribution in [0, 0.1) is 0 Å². The number of ether oxygens (including phenoxy) is 1. The van der Waals surface area contributed by atoms with E-state index in [4.69, 9.17) is 4.74 Å². The number of rotatable bonds is 1. The molecule has 0 saturated carbocycles. The van der Waals surface area contributed by atoms with Gasteiger partial charge < -0.3 is 9.84 Å². The quantitative estimate of drug-likeness (QED) is 0.783. The minimum atomic E-state index is -0.343. The Labute approximate surface area is 110 Å². The van der Waals surface area contributed by atoms with Gasteiger partial charge in [-0.3, -0.25) is 9.59 Å². The molecule has 0 amide bonds. The number of carbonyl (C=O) groups is 2. The van der Waals surface area contributed by atoms with Crippen LogP contribution in [0.15, 0.2) is 41.7 Å². The van der Waals surface area contributed by atoms with Crippen molar-refractivity contribution in [3.8, 4) is 5.75 Å². The number of hydrogen-bond donors (Lipinski definition) is 1. The van der Waals surface area contributed by atoms with Gasteiger partial charge >= 0.3 is 0 Å². The number of benzene rings is 1. The summed E-state index contributed by atoms with van der Waals surface area (Å²) in [6.07, 6.45) is -0.00224. The molecule has 1 atom stereocenters. The molecule has 1 heterocycles. The molecule has 4 nitrogen and oxygen atoms in total. The van der Waals surface area contributed by atoms with Gasteiger partial charge in [0.25, 0.3) is 0 Å². The fourth-order valence-corrected chi connectivity index (χ4v) is 2.44. The first-order valence-corrected chi connectivity index (χ1v) is 5.97. The van der Waals surface area contributed by atoms with Crippen molar-refractivity contribution in [3.63, 3.8) is 0 Å². The van der Waals surface area contributed by atoms with Crippen molar-refractivity contribution in [2.24, 2.45) is 0 Å². The Morgan fingerprint density at radius 1 is 1.37 bits per heavy atom. The monoisotopic (exact) mass is 256 g/mol. The lowest BCUT2D eigenvalue weighted by Gasteiger charge is -2.16. The fourth-order valence-electron chi connectivity index (χ4n) is 2.44. The van der Waals surface area contributed by atoms with E-state index in [9.17, 15) is 14.7 Å². The molecule has 1 aliphatic carbocycles. The van der Waals surface area contributed by atoms with Gasteiger partial charge in [0, 0.05) is 12.0 Å². The molecular formula is C15H12O4. The maximum absolute atomic E-state index is 12.4. The van der Waals surface area contributed by atoms with Crippen molar-refractivity contribution < 1.29 is 19.4 Å². The molecule has 3 rings (SSSR count). The van der Waals surface area contributed by atoms with E-state index in [1.165, 1.54) is 18.2 Å². The van der Waals surface area contributed by atoms with Gasteiger partial charge in [-0.2, -0.15) is 0 Å². The average Bonchev–Trinajstić information content (AvgIpc) is 2.81. The van der Waals surface area contributed by atoms with Crippen molar-refractivity contribution in [2.75, 3.05) is 0 Å². The van der Waals surface area contributed by atoms with Crippen LogP contribution in [0.5, 0.6) is 5.75 Å². The molecule has 0 bridgehead atoms. The number of Topliss-reactive ketones (excluding diaryl/α,β-unsaturated/α-hetero) is 2. The molecule has 96 valence electrons. The van der Waals surface area contributed by atoms with Crippen molar-refractivity contribution in [1.82, 2.24) is 0 Å². The highest BCUT2D eigenvalue weighted by Gasteiger charge is 2.41. The van der Waals surface area contributed by atoms with Crippen molar-refractivity contribution in [2.45, 2.75) is 19.4 Å². The van der Waals surface area contributed by atoms with Crippen LogP contribution in [0.4, 0.5) is 0 Å². The molecule has 1 aromatic carbocycles. The summed E-state index contributed by atoms with van der Waals surface area (Å²) < 4.78 is 5.53. The molecule has 1 N–H and O–H groups in total. The standard InChI is InChI=1S/C15H12O4/c1-7(2)11-6-9-13(17)12-8(4-3-5-10(12)16)14(18)15(9)19-11/h3-5,11,16H,1,6H2,2H3. The van der Waals surface area contributed by atoms with Gasteiger partial charge in [-0.15, -0.1) is 0 Å². The summed E-state index contributed by atoms with van der Waals surface area (Å²) in [5.74, 6) is -0.729. The minimum Gasteiger partial charge on any atom is -0.507 e. The third-order valence-corrected chi connectivity index (χ3v) is 3.47. The molecule has 4 heteroatoms. The van der Waals surface area contributed by atoms with E-state index >= 15 is 0 Å². The second kappa shape index (κ2) is 3.82. The molecule has 19 heavy (non-hydrogen) atoms. The summed E-state index contributed by atoms with van der Waals surface area (Å²) in [5.41, 5.74) is 1.39. The highest BCUT2D eigenvalue weighted by molar-refractivity contribution is 6.27. The maximum atomic E-state index is 12.4. The van der Waals surface area contributed by atoms with Gasteiger partial charge in [-0.05, 0) is 24.6 Å². The summed E-state index contributed by atoms with van der Waals surface area (Å²) in [4.78, 5) is 24.6. The van der Waals surface area contributed by atoms with E-state index in [1.54, 1.807) is 6.92 Å². The van der Waals surface area contributed by atoms with Crippen LogP contribution in [-0.4, -0.2) is 22.8 Å². The summed E-state index contributed by atoms with van der Waals surface area (Å²) in [6.45, 7) is 5.58. The second-order valence-corrected chi connectivity index (χ2v) is 4.82. The van der Waals surface area contributed by atoms with Crippen LogP contribution in [-0.2, 0) is 4.74 Å². The van der Waals surface area contributed by atoms with Gasteiger partial charge in [-0.1, -0.05) is 12.6 Å². The zero-order valence-corrected chi connectivity index (χ0v) is 10.4. The van der Waals surface area contributed by atoms with Crippen molar-refractivity contribution in [3.05, 3.63) is 52.8 Å². The Morgan fingerprint density at radius 2 is 2.11 bits per heavy atom. The molecule has 1 aromatic rings.